The topological polar surface area (TPSA) is 41.6 Å². The highest BCUT2D eigenvalue weighted by atomic mass is 16.5. The molecule has 1 amide bonds. The van der Waals surface area contributed by atoms with Crippen LogP contribution in [0, 0.1) is 0 Å². The zero-order chi connectivity index (χ0) is 15.1. The van der Waals surface area contributed by atoms with Crippen LogP contribution in [-0.4, -0.2) is 43.6 Å². The van der Waals surface area contributed by atoms with Crippen molar-refractivity contribution in [1.82, 2.24) is 10.2 Å². The molecule has 0 saturated carbocycles. The van der Waals surface area contributed by atoms with Crippen molar-refractivity contribution in [2.24, 2.45) is 0 Å². The van der Waals surface area contributed by atoms with E-state index in [0.717, 1.165) is 38.1 Å². The summed E-state index contributed by atoms with van der Waals surface area (Å²) in [5, 5.41) is 3.33. The van der Waals surface area contributed by atoms with Gasteiger partial charge in [0.15, 0.2) is 0 Å². The van der Waals surface area contributed by atoms with Crippen LogP contribution in [0.1, 0.15) is 31.7 Å². The monoisotopic (exact) mass is 290 g/mol. The van der Waals surface area contributed by atoms with Gasteiger partial charge in [0.05, 0.1) is 6.61 Å². The van der Waals surface area contributed by atoms with Gasteiger partial charge in [-0.05, 0) is 57.0 Å². The predicted octanol–water partition coefficient (Wildman–Crippen LogP) is 2.23. The van der Waals surface area contributed by atoms with Gasteiger partial charge in [-0.25, -0.2) is 0 Å². The molecule has 1 aliphatic rings. The van der Waals surface area contributed by atoms with Crippen molar-refractivity contribution in [1.29, 1.82) is 0 Å². The predicted molar refractivity (Wildman–Crippen MR) is 84.6 cm³/mol. The van der Waals surface area contributed by atoms with Crippen LogP contribution >= 0.6 is 0 Å². The maximum absolute atomic E-state index is 12.3. The fourth-order valence-electron chi connectivity index (χ4n) is 2.74. The SMILES string of the molecule is CCOc1ccc(CCC(=O)N(C)C2CCNCC2)cc1. The number of hydrogen-bond donors (Lipinski definition) is 1. The van der Waals surface area contributed by atoms with E-state index < -0.39 is 0 Å². The van der Waals surface area contributed by atoms with Gasteiger partial charge in [-0.3, -0.25) is 4.79 Å². The Morgan fingerprint density at radius 3 is 2.57 bits per heavy atom. The van der Waals surface area contributed by atoms with Gasteiger partial charge in [0.25, 0.3) is 0 Å². The molecule has 0 bridgehead atoms. The van der Waals surface area contributed by atoms with E-state index in [1.165, 1.54) is 5.56 Å². The molecule has 4 heteroatoms. The van der Waals surface area contributed by atoms with Crippen molar-refractivity contribution in [2.75, 3.05) is 26.7 Å². The number of rotatable bonds is 6. The summed E-state index contributed by atoms with van der Waals surface area (Å²) in [5.41, 5.74) is 1.19. The Morgan fingerprint density at radius 2 is 1.95 bits per heavy atom. The Balaban J connectivity index is 1.79. The normalized spacial score (nSPS) is 15.7. The zero-order valence-electron chi connectivity index (χ0n) is 13.1. The summed E-state index contributed by atoms with van der Waals surface area (Å²) in [6, 6.07) is 8.43. The van der Waals surface area contributed by atoms with E-state index in [1.54, 1.807) is 0 Å². The van der Waals surface area contributed by atoms with Gasteiger partial charge >= 0.3 is 0 Å². The number of piperidine rings is 1. The van der Waals surface area contributed by atoms with Crippen LogP contribution < -0.4 is 10.1 Å². The second-order valence-electron chi connectivity index (χ2n) is 5.56. The molecule has 2 rings (SSSR count). The van der Waals surface area contributed by atoms with Crippen LogP contribution in [0.15, 0.2) is 24.3 Å². The first-order chi connectivity index (χ1) is 10.2. The number of aryl methyl sites for hydroxylation is 1. The van der Waals surface area contributed by atoms with Crippen LogP contribution in [0.5, 0.6) is 5.75 Å². The Hall–Kier alpha value is -1.55. The van der Waals surface area contributed by atoms with E-state index >= 15 is 0 Å². The molecule has 1 heterocycles. The summed E-state index contributed by atoms with van der Waals surface area (Å²) in [6.45, 7) is 4.68. The maximum atomic E-state index is 12.3. The highest BCUT2D eigenvalue weighted by molar-refractivity contribution is 5.76. The van der Waals surface area contributed by atoms with Crippen molar-refractivity contribution in [3.63, 3.8) is 0 Å². The minimum absolute atomic E-state index is 0.246. The number of carbonyl (C=O) groups is 1. The minimum Gasteiger partial charge on any atom is -0.494 e. The first kappa shape index (κ1) is 15.8. The van der Waals surface area contributed by atoms with Gasteiger partial charge in [-0.2, -0.15) is 0 Å². The first-order valence-corrected chi connectivity index (χ1v) is 7.89. The van der Waals surface area contributed by atoms with Crippen molar-refractivity contribution in [2.45, 2.75) is 38.6 Å². The van der Waals surface area contributed by atoms with Crippen LogP contribution in [0.2, 0.25) is 0 Å². The van der Waals surface area contributed by atoms with E-state index in [1.807, 2.05) is 43.1 Å². The molecule has 1 aromatic carbocycles. The number of benzene rings is 1. The number of nitrogens with one attached hydrogen (secondary N) is 1. The standard InChI is InChI=1S/C17H26N2O2/c1-3-21-16-7-4-14(5-8-16)6-9-17(20)19(2)15-10-12-18-13-11-15/h4-5,7-8,15,18H,3,6,9-13H2,1-2H3. The molecule has 1 saturated heterocycles. The van der Waals surface area contributed by atoms with Gasteiger partial charge in [-0.15, -0.1) is 0 Å². The third-order valence-corrected chi connectivity index (χ3v) is 4.11. The molecule has 0 aromatic heterocycles. The Morgan fingerprint density at radius 1 is 1.29 bits per heavy atom. The summed E-state index contributed by atoms with van der Waals surface area (Å²) in [4.78, 5) is 14.2. The molecule has 21 heavy (non-hydrogen) atoms. The van der Waals surface area contributed by atoms with Gasteiger partial charge in [0, 0.05) is 19.5 Å². The third kappa shape index (κ3) is 4.74. The molecule has 0 spiro atoms. The Bertz CT molecular complexity index is 439. The highest BCUT2D eigenvalue weighted by Crippen LogP contribution is 2.15. The molecule has 1 fully saturated rings. The zero-order valence-corrected chi connectivity index (χ0v) is 13.1. The van der Waals surface area contributed by atoms with E-state index in [9.17, 15) is 4.79 Å². The molecular formula is C17H26N2O2. The van der Waals surface area contributed by atoms with Gasteiger partial charge in [0.1, 0.15) is 5.75 Å². The fraction of sp³-hybridized carbons (Fsp3) is 0.588. The molecule has 1 N–H and O–H groups in total. The summed E-state index contributed by atoms with van der Waals surface area (Å²) in [7, 11) is 1.94. The molecular weight excluding hydrogens is 264 g/mol. The molecule has 116 valence electrons. The number of nitrogens with zero attached hydrogens (tertiary/aromatic N) is 1. The van der Waals surface area contributed by atoms with Crippen LogP contribution in [0.3, 0.4) is 0 Å². The molecule has 1 aliphatic heterocycles. The highest BCUT2D eigenvalue weighted by Gasteiger charge is 2.21. The maximum Gasteiger partial charge on any atom is 0.222 e. The first-order valence-electron chi connectivity index (χ1n) is 7.89. The Kier molecular flexibility index (Phi) is 6.05. The number of amides is 1. The minimum atomic E-state index is 0.246. The van der Waals surface area contributed by atoms with E-state index in [-0.39, 0.29) is 5.91 Å². The third-order valence-electron chi connectivity index (χ3n) is 4.11. The average molecular weight is 290 g/mol. The largest absolute Gasteiger partial charge is 0.494 e. The average Bonchev–Trinajstić information content (AvgIpc) is 2.54. The molecule has 0 unspecified atom stereocenters. The fourth-order valence-corrected chi connectivity index (χ4v) is 2.74. The van der Waals surface area contributed by atoms with Crippen LogP contribution in [0.25, 0.3) is 0 Å². The number of ether oxygens (including phenoxy) is 1. The van der Waals surface area contributed by atoms with E-state index in [4.69, 9.17) is 4.74 Å². The van der Waals surface area contributed by atoms with E-state index in [0.29, 0.717) is 19.1 Å². The summed E-state index contributed by atoms with van der Waals surface area (Å²) < 4.78 is 5.42. The second-order valence-corrected chi connectivity index (χ2v) is 5.56. The molecule has 0 radical (unpaired) electrons. The van der Waals surface area contributed by atoms with Gasteiger partial charge < -0.3 is 15.0 Å². The van der Waals surface area contributed by atoms with Crippen molar-refractivity contribution in [3.05, 3.63) is 29.8 Å². The van der Waals surface area contributed by atoms with Crippen LogP contribution in [0.4, 0.5) is 0 Å². The van der Waals surface area contributed by atoms with Crippen molar-refractivity contribution < 1.29 is 9.53 Å². The van der Waals surface area contributed by atoms with Crippen molar-refractivity contribution in [3.8, 4) is 5.75 Å². The lowest BCUT2D eigenvalue weighted by Gasteiger charge is -2.31. The molecule has 4 nitrogen and oxygen atoms in total. The second kappa shape index (κ2) is 8.03. The Labute approximate surface area is 127 Å². The van der Waals surface area contributed by atoms with Gasteiger partial charge in [-0.1, -0.05) is 12.1 Å². The smallest absolute Gasteiger partial charge is 0.222 e. The molecule has 1 aromatic rings. The lowest BCUT2D eigenvalue weighted by atomic mass is 10.0. The van der Waals surface area contributed by atoms with Crippen molar-refractivity contribution >= 4 is 5.91 Å². The van der Waals surface area contributed by atoms with Gasteiger partial charge in [0.2, 0.25) is 5.91 Å². The molecule has 0 atom stereocenters. The lowest BCUT2D eigenvalue weighted by Crippen LogP contribution is -2.44. The summed E-state index contributed by atoms with van der Waals surface area (Å²) in [6.07, 6.45) is 3.49. The van der Waals surface area contributed by atoms with E-state index in [2.05, 4.69) is 5.32 Å². The number of carbonyl (C=O) groups excluding carboxylic acids is 1. The lowest BCUT2D eigenvalue weighted by molar-refractivity contribution is -0.132. The molecule has 0 aliphatic carbocycles. The quantitative estimate of drug-likeness (QED) is 0.873. The summed E-state index contributed by atoms with van der Waals surface area (Å²) in [5.74, 6) is 1.13. The summed E-state index contributed by atoms with van der Waals surface area (Å²) >= 11 is 0. The van der Waals surface area contributed by atoms with Crippen LogP contribution in [-0.2, 0) is 11.2 Å². The number of hydrogen-bond acceptors (Lipinski definition) is 3.